The average Bonchev–Trinajstić information content (AvgIpc) is 3.11. The lowest BCUT2D eigenvalue weighted by Crippen LogP contribution is -2.23. The molecule has 0 N–H and O–H groups in total. The fraction of sp³-hybridized carbons (Fsp3) is 0.217. The van der Waals surface area contributed by atoms with Gasteiger partial charge in [0.25, 0.3) is 10.1 Å². The summed E-state index contributed by atoms with van der Waals surface area (Å²) in [4.78, 5) is 0.161. The summed E-state index contributed by atoms with van der Waals surface area (Å²) in [5, 5.41) is 0. The molecule has 0 aromatic heterocycles. The lowest BCUT2D eigenvalue weighted by atomic mass is 9.94. The van der Waals surface area contributed by atoms with Crippen LogP contribution in [0.25, 0.3) is 11.1 Å². The van der Waals surface area contributed by atoms with Crippen LogP contribution in [-0.2, 0) is 20.7 Å². The maximum atomic E-state index is 12.4. The quantitative estimate of drug-likeness (QED) is 0.590. The minimum Gasteiger partial charge on any atom is -0.487 e. The van der Waals surface area contributed by atoms with E-state index in [2.05, 4.69) is 25.1 Å². The normalized spacial score (nSPS) is 15.9. The first kappa shape index (κ1) is 18.7. The monoisotopic (exact) mass is 394 g/mol. The maximum Gasteiger partial charge on any atom is 0.297 e. The number of hydrogen-bond acceptors (Lipinski definition) is 4. The Hall–Kier alpha value is -2.63. The molecule has 0 saturated heterocycles. The molecule has 0 fully saturated rings. The molecule has 1 aliphatic rings. The molecule has 0 radical (unpaired) electrons. The molecule has 1 atom stereocenters. The summed E-state index contributed by atoms with van der Waals surface area (Å²) in [5.74, 6) is 0.794. The predicted molar refractivity (Wildman–Crippen MR) is 109 cm³/mol. The molecule has 1 unspecified atom stereocenters. The molecule has 0 amide bonds. The first-order chi connectivity index (χ1) is 13.4. The van der Waals surface area contributed by atoms with Gasteiger partial charge in [-0.15, -0.1) is 0 Å². The highest BCUT2D eigenvalue weighted by atomic mass is 32.2. The van der Waals surface area contributed by atoms with Crippen LogP contribution >= 0.6 is 0 Å². The summed E-state index contributed by atoms with van der Waals surface area (Å²) >= 11 is 0. The lowest BCUT2D eigenvalue weighted by molar-refractivity contribution is 0.152. The minimum absolute atomic E-state index is 0.0158. The Bertz CT molecular complexity index is 1100. The first-order valence-electron chi connectivity index (χ1n) is 9.25. The fourth-order valence-corrected chi connectivity index (χ4v) is 4.43. The van der Waals surface area contributed by atoms with E-state index in [1.54, 1.807) is 24.3 Å². The van der Waals surface area contributed by atoms with Crippen LogP contribution in [0.3, 0.4) is 0 Å². The average molecular weight is 394 g/mol. The number of aryl methyl sites for hydroxylation is 2. The van der Waals surface area contributed by atoms with Gasteiger partial charge < -0.3 is 4.74 Å². The van der Waals surface area contributed by atoms with Crippen LogP contribution in [0.5, 0.6) is 5.75 Å². The Morgan fingerprint density at radius 2 is 1.64 bits per heavy atom. The van der Waals surface area contributed by atoms with Gasteiger partial charge in [-0.1, -0.05) is 54.1 Å². The molecule has 0 bridgehead atoms. The van der Waals surface area contributed by atoms with Crippen molar-refractivity contribution in [2.45, 2.75) is 31.3 Å². The zero-order valence-corrected chi connectivity index (χ0v) is 16.7. The molecule has 4 nitrogen and oxygen atoms in total. The molecule has 3 aromatic rings. The van der Waals surface area contributed by atoms with E-state index >= 15 is 0 Å². The number of benzene rings is 3. The Labute approximate surface area is 165 Å². The standard InChI is InChI=1S/C23H22O4S/c1-16-10-12-19(13-11-16)28(24,25)26-15-18-14-22-21(8-5-9-23(22)27-18)20-7-4-3-6-17(20)2/h3-13,18H,14-15H2,1-2H3. The second kappa shape index (κ2) is 7.41. The van der Waals surface area contributed by atoms with Crippen LogP contribution in [0, 0.1) is 13.8 Å². The van der Waals surface area contributed by atoms with E-state index in [1.807, 2.05) is 31.2 Å². The van der Waals surface area contributed by atoms with Gasteiger partial charge in [0.2, 0.25) is 0 Å². The SMILES string of the molecule is Cc1ccc(S(=O)(=O)OCC2Cc3c(cccc3-c3ccccc3C)O2)cc1. The Morgan fingerprint density at radius 1 is 0.929 bits per heavy atom. The van der Waals surface area contributed by atoms with Crippen LogP contribution in [-0.4, -0.2) is 21.1 Å². The fourth-order valence-electron chi connectivity index (χ4n) is 3.49. The highest BCUT2D eigenvalue weighted by Crippen LogP contribution is 2.38. The van der Waals surface area contributed by atoms with E-state index in [1.165, 1.54) is 5.56 Å². The summed E-state index contributed by atoms with van der Waals surface area (Å²) in [6.07, 6.45) is 0.281. The Balaban J connectivity index is 1.51. The largest absolute Gasteiger partial charge is 0.487 e. The molecule has 0 aliphatic carbocycles. The van der Waals surface area contributed by atoms with Gasteiger partial charge in [0.1, 0.15) is 18.5 Å². The molecule has 144 valence electrons. The summed E-state index contributed by atoms with van der Waals surface area (Å²) in [5.41, 5.74) is 5.57. The van der Waals surface area contributed by atoms with Crippen LogP contribution in [0.1, 0.15) is 16.7 Å². The van der Waals surface area contributed by atoms with E-state index in [0.717, 1.165) is 28.0 Å². The van der Waals surface area contributed by atoms with Crippen LogP contribution in [0.4, 0.5) is 0 Å². The van der Waals surface area contributed by atoms with Gasteiger partial charge in [0.05, 0.1) is 4.90 Å². The van der Waals surface area contributed by atoms with Crippen molar-refractivity contribution < 1.29 is 17.3 Å². The van der Waals surface area contributed by atoms with Gasteiger partial charge in [-0.3, -0.25) is 4.18 Å². The van der Waals surface area contributed by atoms with Gasteiger partial charge >= 0.3 is 0 Å². The third-order valence-corrected chi connectivity index (χ3v) is 6.31. The van der Waals surface area contributed by atoms with Gasteiger partial charge in [-0.2, -0.15) is 8.42 Å². The smallest absolute Gasteiger partial charge is 0.297 e. The molecule has 0 saturated carbocycles. The van der Waals surface area contributed by atoms with E-state index in [4.69, 9.17) is 8.92 Å². The van der Waals surface area contributed by atoms with Gasteiger partial charge in [0, 0.05) is 12.0 Å². The predicted octanol–water partition coefficient (Wildman–Crippen LogP) is 4.68. The zero-order valence-electron chi connectivity index (χ0n) is 15.9. The van der Waals surface area contributed by atoms with E-state index in [9.17, 15) is 8.42 Å². The molecule has 1 aliphatic heterocycles. The summed E-state index contributed by atoms with van der Waals surface area (Å²) in [7, 11) is -3.80. The van der Waals surface area contributed by atoms with Crippen LogP contribution < -0.4 is 4.74 Å². The first-order valence-corrected chi connectivity index (χ1v) is 10.7. The minimum atomic E-state index is -3.80. The third kappa shape index (κ3) is 3.68. The number of ether oxygens (including phenoxy) is 1. The van der Waals surface area contributed by atoms with Gasteiger partial charge in [0.15, 0.2) is 0 Å². The molecule has 0 spiro atoms. The van der Waals surface area contributed by atoms with Gasteiger partial charge in [-0.25, -0.2) is 0 Å². The lowest BCUT2D eigenvalue weighted by Gasteiger charge is -2.11. The molecule has 3 aromatic carbocycles. The maximum absolute atomic E-state index is 12.4. The van der Waals surface area contributed by atoms with Crippen molar-refractivity contribution in [3.05, 3.63) is 83.4 Å². The van der Waals surface area contributed by atoms with Crippen molar-refractivity contribution in [1.29, 1.82) is 0 Å². The molecule has 28 heavy (non-hydrogen) atoms. The van der Waals surface area contributed by atoms with Crippen molar-refractivity contribution in [2.75, 3.05) is 6.61 Å². The van der Waals surface area contributed by atoms with Crippen molar-refractivity contribution in [1.82, 2.24) is 0 Å². The summed E-state index contributed by atoms with van der Waals surface area (Å²) in [6.45, 7) is 3.98. The topological polar surface area (TPSA) is 52.6 Å². The van der Waals surface area contributed by atoms with E-state index in [0.29, 0.717) is 6.42 Å². The third-order valence-electron chi connectivity index (χ3n) is 5.01. The van der Waals surface area contributed by atoms with Crippen LogP contribution in [0.15, 0.2) is 71.6 Å². The second-order valence-corrected chi connectivity index (χ2v) is 8.71. The molecular weight excluding hydrogens is 372 g/mol. The van der Waals surface area contributed by atoms with E-state index < -0.39 is 10.1 Å². The molecule has 1 heterocycles. The Morgan fingerprint density at radius 3 is 2.39 bits per heavy atom. The highest BCUT2D eigenvalue weighted by molar-refractivity contribution is 7.86. The van der Waals surface area contributed by atoms with Crippen molar-refractivity contribution in [3.8, 4) is 16.9 Å². The molecule has 4 rings (SSSR count). The number of rotatable bonds is 5. The van der Waals surface area contributed by atoms with Crippen LogP contribution in [0.2, 0.25) is 0 Å². The molecular formula is C23H22O4S. The number of hydrogen-bond donors (Lipinski definition) is 0. The van der Waals surface area contributed by atoms with Crippen molar-refractivity contribution in [3.63, 3.8) is 0 Å². The van der Waals surface area contributed by atoms with Gasteiger partial charge in [-0.05, 0) is 48.7 Å². The van der Waals surface area contributed by atoms with Crippen molar-refractivity contribution in [2.24, 2.45) is 0 Å². The highest BCUT2D eigenvalue weighted by Gasteiger charge is 2.28. The zero-order chi connectivity index (χ0) is 19.7. The van der Waals surface area contributed by atoms with Crippen molar-refractivity contribution >= 4 is 10.1 Å². The number of fused-ring (bicyclic) bond motifs is 1. The Kier molecular flexibility index (Phi) is 4.96. The second-order valence-electron chi connectivity index (χ2n) is 7.09. The van der Waals surface area contributed by atoms with E-state index in [-0.39, 0.29) is 17.6 Å². The summed E-state index contributed by atoms with van der Waals surface area (Å²) < 4.78 is 36.1. The molecule has 5 heteroatoms. The summed E-state index contributed by atoms with van der Waals surface area (Å²) in [6, 6.07) is 20.8.